The molecule has 2 aromatic heterocycles. The SMILES string of the molecule is COc1c(C)cnc(CN2CCC(N(C)CCc3cccnc3)CC2)c1C. The van der Waals surface area contributed by atoms with Crippen molar-refractivity contribution in [3.05, 3.63) is 53.1 Å². The molecule has 3 rings (SSSR count). The number of aromatic nitrogens is 2. The van der Waals surface area contributed by atoms with Crippen LogP contribution in [0.1, 0.15) is 35.2 Å². The molecule has 2 aromatic rings. The number of aryl methyl sites for hydroxylation is 1. The molecule has 1 fully saturated rings. The molecule has 5 heteroatoms. The van der Waals surface area contributed by atoms with Crippen LogP contribution in [0.15, 0.2) is 30.7 Å². The summed E-state index contributed by atoms with van der Waals surface area (Å²) in [4.78, 5) is 13.9. The van der Waals surface area contributed by atoms with Crippen molar-refractivity contribution in [2.75, 3.05) is 33.8 Å². The van der Waals surface area contributed by atoms with E-state index in [1.54, 1.807) is 7.11 Å². The molecule has 0 unspecified atom stereocenters. The Hall–Kier alpha value is -1.98. The van der Waals surface area contributed by atoms with Gasteiger partial charge in [0.15, 0.2) is 0 Å². The Kier molecular flexibility index (Phi) is 6.80. The number of likely N-dealkylation sites (N-methyl/N-ethyl adjacent to an activating group) is 1. The van der Waals surface area contributed by atoms with Crippen molar-refractivity contribution in [2.24, 2.45) is 0 Å². The van der Waals surface area contributed by atoms with E-state index in [9.17, 15) is 0 Å². The highest BCUT2D eigenvalue weighted by Gasteiger charge is 2.23. The van der Waals surface area contributed by atoms with Crippen LogP contribution in [0, 0.1) is 13.8 Å². The molecule has 0 amide bonds. The predicted octanol–water partition coefficient (Wildman–Crippen LogP) is 3.24. The summed E-state index contributed by atoms with van der Waals surface area (Å²) in [6.07, 6.45) is 9.24. The molecule has 0 atom stereocenters. The molecule has 0 saturated carbocycles. The summed E-state index contributed by atoms with van der Waals surface area (Å²) in [6, 6.07) is 4.85. The van der Waals surface area contributed by atoms with E-state index in [0.717, 1.165) is 49.6 Å². The molecule has 0 N–H and O–H groups in total. The molecule has 0 spiro atoms. The van der Waals surface area contributed by atoms with Crippen molar-refractivity contribution in [3.8, 4) is 5.75 Å². The Balaban J connectivity index is 1.49. The van der Waals surface area contributed by atoms with E-state index in [-0.39, 0.29) is 0 Å². The first-order valence-electron chi connectivity index (χ1n) is 9.89. The molecule has 1 saturated heterocycles. The van der Waals surface area contributed by atoms with Crippen molar-refractivity contribution >= 4 is 0 Å². The number of nitrogens with zero attached hydrogens (tertiary/aromatic N) is 4. The predicted molar refractivity (Wildman–Crippen MR) is 109 cm³/mol. The minimum absolute atomic E-state index is 0.666. The highest BCUT2D eigenvalue weighted by atomic mass is 16.5. The fourth-order valence-corrected chi connectivity index (χ4v) is 3.99. The number of methoxy groups -OCH3 is 1. The summed E-state index contributed by atoms with van der Waals surface area (Å²) >= 11 is 0. The minimum atomic E-state index is 0.666. The molecular weight excluding hydrogens is 336 g/mol. The van der Waals surface area contributed by atoms with Crippen LogP contribution in [-0.4, -0.2) is 59.6 Å². The number of likely N-dealkylation sites (tertiary alicyclic amines) is 1. The molecule has 1 aliphatic rings. The molecule has 27 heavy (non-hydrogen) atoms. The van der Waals surface area contributed by atoms with Crippen molar-refractivity contribution in [1.29, 1.82) is 0 Å². The van der Waals surface area contributed by atoms with Gasteiger partial charge < -0.3 is 9.64 Å². The van der Waals surface area contributed by atoms with E-state index < -0.39 is 0 Å². The lowest BCUT2D eigenvalue weighted by atomic mass is 10.0. The lowest BCUT2D eigenvalue weighted by molar-refractivity contribution is 0.123. The number of piperidine rings is 1. The maximum absolute atomic E-state index is 5.55. The van der Waals surface area contributed by atoms with Gasteiger partial charge in [-0.15, -0.1) is 0 Å². The number of pyridine rings is 2. The fourth-order valence-electron chi connectivity index (χ4n) is 3.99. The second kappa shape index (κ2) is 9.29. The summed E-state index contributed by atoms with van der Waals surface area (Å²) in [5.74, 6) is 0.977. The quantitative estimate of drug-likeness (QED) is 0.750. The van der Waals surface area contributed by atoms with Gasteiger partial charge in [0.25, 0.3) is 0 Å². The largest absolute Gasteiger partial charge is 0.496 e. The normalized spacial score (nSPS) is 16.0. The van der Waals surface area contributed by atoms with Gasteiger partial charge in [0.05, 0.1) is 12.8 Å². The molecule has 0 aliphatic carbocycles. The first-order valence-corrected chi connectivity index (χ1v) is 9.89. The van der Waals surface area contributed by atoms with Crippen LogP contribution >= 0.6 is 0 Å². The Bertz CT molecular complexity index is 727. The molecular formula is C22H32N4O. The van der Waals surface area contributed by atoms with E-state index >= 15 is 0 Å². The summed E-state index contributed by atoms with van der Waals surface area (Å²) in [5.41, 5.74) is 4.73. The van der Waals surface area contributed by atoms with E-state index in [4.69, 9.17) is 4.74 Å². The molecule has 0 aromatic carbocycles. The standard InChI is InChI=1S/C22H32N4O/c1-17-14-24-21(18(2)22(17)27-4)16-26-12-8-20(9-13-26)25(3)11-7-19-6-5-10-23-15-19/h5-6,10,14-15,20H,7-9,11-13,16H2,1-4H3. The first kappa shape index (κ1) is 19.8. The summed E-state index contributed by atoms with van der Waals surface area (Å²) < 4.78 is 5.55. The molecule has 5 nitrogen and oxygen atoms in total. The lowest BCUT2D eigenvalue weighted by Gasteiger charge is -2.37. The Morgan fingerprint density at radius 2 is 2.00 bits per heavy atom. The van der Waals surface area contributed by atoms with Gasteiger partial charge in [0.1, 0.15) is 5.75 Å². The van der Waals surface area contributed by atoms with Crippen LogP contribution in [-0.2, 0) is 13.0 Å². The molecule has 3 heterocycles. The van der Waals surface area contributed by atoms with Crippen LogP contribution in [0.2, 0.25) is 0 Å². The van der Waals surface area contributed by atoms with E-state index in [2.05, 4.69) is 46.7 Å². The van der Waals surface area contributed by atoms with Gasteiger partial charge >= 0.3 is 0 Å². The lowest BCUT2D eigenvalue weighted by Crippen LogP contribution is -2.43. The third kappa shape index (κ3) is 5.05. The molecule has 0 radical (unpaired) electrons. The van der Waals surface area contributed by atoms with E-state index in [0.29, 0.717) is 6.04 Å². The second-order valence-electron chi connectivity index (χ2n) is 7.65. The van der Waals surface area contributed by atoms with Crippen molar-refractivity contribution in [2.45, 2.75) is 45.7 Å². The van der Waals surface area contributed by atoms with Gasteiger partial charge in [-0.3, -0.25) is 14.9 Å². The Morgan fingerprint density at radius 3 is 2.67 bits per heavy atom. The van der Waals surface area contributed by atoms with Gasteiger partial charge in [-0.1, -0.05) is 6.07 Å². The van der Waals surface area contributed by atoms with Gasteiger partial charge in [-0.2, -0.15) is 0 Å². The van der Waals surface area contributed by atoms with Crippen LogP contribution < -0.4 is 4.74 Å². The third-order valence-corrected chi connectivity index (χ3v) is 5.78. The van der Waals surface area contributed by atoms with Crippen molar-refractivity contribution in [3.63, 3.8) is 0 Å². The van der Waals surface area contributed by atoms with Gasteiger partial charge in [-0.05, 0) is 51.8 Å². The highest BCUT2D eigenvalue weighted by Crippen LogP contribution is 2.26. The maximum atomic E-state index is 5.55. The summed E-state index contributed by atoms with van der Waals surface area (Å²) in [6.45, 7) is 8.42. The summed E-state index contributed by atoms with van der Waals surface area (Å²) in [7, 11) is 4.00. The number of rotatable bonds is 7. The zero-order chi connectivity index (χ0) is 19.2. The minimum Gasteiger partial charge on any atom is -0.496 e. The van der Waals surface area contributed by atoms with Crippen LogP contribution in [0.3, 0.4) is 0 Å². The van der Waals surface area contributed by atoms with Gasteiger partial charge in [-0.25, -0.2) is 0 Å². The number of ether oxygens (including phenoxy) is 1. The fraction of sp³-hybridized carbons (Fsp3) is 0.545. The zero-order valence-electron chi connectivity index (χ0n) is 17.1. The third-order valence-electron chi connectivity index (χ3n) is 5.78. The van der Waals surface area contributed by atoms with E-state index in [1.807, 2.05) is 24.7 Å². The topological polar surface area (TPSA) is 41.5 Å². The average Bonchev–Trinajstić information content (AvgIpc) is 2.70. The molecule has 146 valence electrons. The Labute approximate surface area is 163 Å². The highest BCUT2D eigenvalue weighted by molar-refractivity contribution is 5.41. The maximum Gasteiger partial charge on any atom is 0.128 e. The van der Waals surface area contributed by atoms with Crippen LogP contribution in [0.25, 0.3) is 0 Å². The van der Waals surface area contributed by atoms with E-state index in [1.165, 1.54) is 24.0 Å². The van der Waals surface area contributed by atoms with Gasteiger partial charge in [0.2, 0.25) is 0 Å². The van der Waals surface area contributed by atoms with Crippen LogP contribution in [0.5, 0.6) is 5.75 Å². The number of hydrogen-bond donors (Lipinski definition) is 0. The first-order chi connectivity index (χ1) is 13.1. The second-order valence-corrected chi connectivity index (χ2v) is 7.65. The Morgan fingerprint density at radius 1 is 1.22 bits per heavy atom. The van der Waals surface area contributed by atoms with Gasteiger partial charge in [0, 0.05) is 61.9 Å². The molecule has 1 aliphatic heterocycles. The smallest absolute Gasteiger partial charge is 0.128 e. The average molecular weight is 369 g/mol. The number of hydrogen-bond acceptors (Lipinski definition) is 5. The van der Waals surface area contributed by atoms with Crippen molar-refractivity contribution in [1.82, 2.24) is 19.8 Å². The van der Waals surface area contributed by atoms with Crippen LogP contribution in [0.4, 0.5) is 0 Å². The zero-order valence-corrected chi connectivity index (χ0v) is 17.1. The monoisotopic (exact) mass is 368 g/mol. The van der Waals surface area contributed by atoms with Crippen molar-refractivity contribution < 1.29 is 4.74 Å². The summed E-state index contributed by atoms with van der Waals surface area (Å²) in [5, 5.41) is 0. The molecule has 0 bridgehead atoms.